The number of aldehydes is 1. The van der Waals surface area contributed by atoms with Gasteiger partial charge in [0.25, 0.3) is 5.91 Å². The molecule has 1 aromatic rings. The van der Waals surface area contributed by atoms with E-state index in [1.54, 1.807) is 14.1 Å². The van der Waals surface area contributed by atoms with Crippen molar-refractivity contribution in [3.63, 3.8) is 0 Å². The summed E-state index contributed by atoms with van der Waals surface area (Å²) in [5.74, 6) is -1.15. The van der Waals surface area contributed by atoms with Crippen molar-refractivity contribution in [1.29, 1.82) is 0 Å². The van der Waals surface area contributed by atoms with Gasteiger partial charge in [-0.15, -0.1) is 0 Å². The molecule has 0 fully saturated rings. The summed E-state index contributed by atoms with van der Waals surface area (Å²) in [6.45, 7) is -0.297. The van der Waals surface area contributed by atoms with E-state index in [-0.39, 0.29) is 23.8 Å². The molecule has 0 heterocycles. The molecule has 0 radical (unpaired) electrons. The number of amides is 1. The molecule has 0 aliphatic rings. The van der Waals surface area contributed by atoms with Gasteiger partial charge in [0.2, 0.25) is 0 Å². The topological polar surface area (TPSA) is 46.6 Å². The van der Waals surface area contributed by atoms with Crippen LogP contribution in [0.1, 0.15) is 10.4 Å². The maximum Gasteiger partial charge on any atom is 0.259 e. The number of nitrogens with zero attached hydrogens (tertiary/aromatic N) is 1. The van der Waals surface area contributed by atoms with E-state index in [9.17, 15) is 14.0 Å². The van der Waals surface area contributed by atoms with Crippen LogP contribution in [0.3, 0.4) is 0 Å². The molecule has 0 saturated heterocycles. The summed E-state index contributed by atoms with van der Waals surface area (Å²) in [7, 11) is 3.13. The number of hydrogen-bond acceptors (Lipinski definition) is 3. The van der Waals surface area contributed by atoms with Crippen LogP contribution in [0.4, 0.5) is 4.39 Å². The zero-order valence-electron chi connectivity index (χ0n) is 9.07. The van der Waals surface area contributed by atoms with E-state index >= 15 is 0 Å². The average Bonchev–Trinajstić information content (AvgIpc) is 2.26. The maximum absolute atomic E-state index is 13.3. The number of hydrogen-bond donors (Lipinski definition) is 0. The number of likely N-dealkylation sites (N-methyl/N-ethyl adjacent to an activating group) is 1. The number of carbonyl (C=O) groups is 2. The third-order valence-electron chi connectivity index (χ3n) is 1.96. The van der Waals surface area contributed by atoms with Gasteiger partial charge in [-0.1, -0.05) is 6.07 Å². The van der Waals surface area contributed by atoms with Gasteiger partial charge in [-0.05, 0) is 12.1 Å². The van der Waals surface area contributed by atoms with Gasteiger partial charge >= 0.3 is 0 Å². The zero-order valence-corrected chi connectivity index (χ0v) is 9.07. The highest BCUT2D eigenvalue weighted by Gasteiger charge is 2.12. The molecule has 0 aliphatic carbocycles. The van der Waals surface area contributed by atoms with Gasteiger partial charge in [-0.3, -0.25) is 9.59 Å². The van der Waals surface area contributed by atoms with Crippen LogP contribution in [0, 0.1) is 5.82 Å². The third-order valence-corrected chi connectivity index (χ3v) is 1.96. The van der Waals surface area contributed by atoms with E-state index in [4.69, 9.17) is 4.74 Å². The molecule has 0 unspecified atom stereocenters. The molecule has 4 nitrogen and oxygen atoms in total. The van der Waals surface area contributed by atoms with Crippen molar-refractivity contribution in [2.24, 2.45) is 0 Å². The molecule has 5 heteroatoms. The van der Waals surface area contributed by atoms with Gasteiger partial charge in [0.05, 0.1) is 5.56 Å². The average molecular weight is 225 g/mol. The summed E-state index contributed by atoms with van der Waals surface area (Å²) in [5, 5.41) is 0. The second-order valence-electron chi connectivity index (χ2n) is 3.35. The number of para-hydroxylation sites is 1. The molecule has 0 spiro atoms. The summed E-state index contributed by atoms with van der Waals surface area (Å²) < 4.78 is 18.3. The number of rotatable bonds is 4. The molecule has 0 aromatic heterocycles. The van der Waals surface area contributed by atoms with Crippen LogP contribution in [-0.2, 0) is 4.79 Å². The first-order valence-corrected chi connectivity index (χ1v) is 4.63. The van der Waals surface area contributed by atoms with Crippen molar-refractivity contribution in [3.05, 3.63) is 29.6 Å². The minimum atomic E-state index is -0.656. The Hall–Kier alpha value is -1.91. The molecule has 86 valence electrons. The monoisotopic (exact) mass is 225 g/mol. The van der Waals surface area contributed by atoms with Gasteiger partial charge in [-0.2, -0.15) is 0 Å². The lowest BCUT2D eigenvalue weighted by Gasteiger charge is -2.12. The lowest BCUT2D eigenvalue weighted by molar-refractivity contribution is -0.130. The quantitative estimate of drug-likeness (QED) is 0.721. The molecule has 0 atom stereocenters. The second kappa shape index (κ2) is 5.25. The lowest BCUT2D eigenvalue weighted by atomic mass is 10.2. The van der Waals surface area contributed by atoms with Gasteiger partial charge in [-0.25, -0.2) is 4.39 Å². The van der Waals surface area contributed by atoms with Crippen LogP contribution in [0.25, 0.3) is 0 Å². The molecule has 0 bridgehead atoms. The van der Waals surface area contributed by atoms with E-state index < -0.39 is 5.82 Å². The van der Waals surface area contributed by atoms with E-state index in [1.165, 1.54) is 23.1 Å². The fraction of sp³-hybridized carbons (Fsp3) is 0.273. The molecule has 0 N–H and O–H groups in total. The molecule has 1 amide bonds. The van der Waals surface area contributed by atoms with Gasteiger partial charge in [0.15, 0.2) is 24.5 Å². The summed E-state index contributed by atoms with van der Waals surface area (Å²) in [6.07, 6.45) is 0.485. The molecule has 1 aromatic carbocycles. The first-order chi connectivity index (χ1) is 7.56. The Labute approximate surface area is 92.6 Å². The summed E-state index contributed by atoms with van der Waals surface area (Å²) in [5.41, 5.74) is 0.0894. The fourth-order valence-electron chi connectivity index (χ4n) is 1.03. The molecular weight excluding hydrogens is 213 g/mol. The number of ether oxygens (including phenoxy) is 1. The Morgan fingerprint density at radius 3 is 2.75 bits per heavy atom. The van der Waals surface area contributed by atoms with Crippen LogP contribution in [0.5, 0.6) is 5.75 Å². The number of benzene rings is 1. The highest BCUT2D eigenvalue weighted by molar-refractivity contribution is 5.80. The minimum absolute atomic E-state index is 0.0894. The lowest BCUT2D eigenvalue weighted by Crippen LogP contribution is -2.27. The van der Waals surface area contributed by atoms with Crippen LogP contribution in [0.15, 0.2) is 18.2 Å². The Balaban J connectivity index is 2.80. The van der Waals surface area contributed by atoms with Crippen LogP contribution in [-0.4, -0.2) is 37.8 Å². The van der Waals surface area contributed by atoms with Crippen LogP contribution < -0.4 is 4.74 Å². The Kier molecular flexibility index (Phi) is 3.99. The maximum atomic E-state index is 13.3. The molecular formula is C11H12FNO3. The normalized spacial score (nSPS) is 9.69. The second-order valence-corrected chi connectivity index (χ2v) is 3.35. The van der Waals surface area contributed by atoms with Gasteiger partial charge in [0.1, 0.15) is 0 Å². The standard InChI is InChI=1S/C11H12FNO3/c1-13(2)10(15)7-16-11-8(6-14)4-3-5-9(11)12/h3-6H,7H2,1-2H3. The number of carbonyl (C=O) groups excluding carboxylic acids is 2. The number of halogens is 1. The van der Waals surface area contributed by atoms with E-state index in [0.29, 0.717) is 6.29 Å². The first-order valence-electron chi connectivity index (χ1n) is 4.63. The minimum Gasteiger partial charge on any atom is -0.480 e. The van der Waals surface area contributed by atoms with Crippen LogP contribution >= 0.6 is 0 Å². The van der Waals surface area contributed by atoms with Crippen LogP contribution in [0.2, 0.25) is 0 Å². The van der Waals surface area contributed by atoms with Crippen molar-refractivity contribution >= 4 is 12.2 Å². The van der Waals surface area contributed by atoms with Crippen molar-refractivity contribution in [3.8, 4) is 5.75 Å². The molecule has 0 aliphatic heterocycles. The molecule has 1 rings (SSSR count). The zero-order chi connectivity index (χ0) is 12.1. The van der Waals surface area contributed by atoms with Gasteiger partial charge in [0, 0.05) is 14.1 Å². The Morgan fingerprint density at radius 2 is 2.19 bits per heavy atom. The summed E-state index contributed by atoms with van der Waals surface area (Å²) in [6, 6.07) is 3.99. The summed E-state index contributed by atoms with van der Waals surface area (Å²) in [4.78, 5) is 23.2. The molecule has 16 heavy (non-hydrogen) atoms. The smallest absolute Gasteiger partial charge is 0.259 e. The Morgan fingerprint density at radius 1 is 1.50 bits per heavy atom. The highest BCUT2D eigenvalue weighted by atomic mass is 19.1. The third kappa shape index (κ3) is 2.79. The van der Waals surface area contributed by atoms with Crippen molar-refractivity contribution < 1.29 is 18.7 Å². The summed E-state index contributed by atoms with van der Waals surface area (Å²) >= 11 is 0. The van der Waals surface area contributed by atoms with Crippen molar-refractivity contribution in [1.82, 2.24) is 4.90 Å². The van der Waals surface area contributed by atoms with Crippen molar-refractivity contribution in [2.45, 2.75) is 0 Å². The first kappa shape index (κ1) is 12.2. The Bertz CT molecular complexity index is 404. The fourth-order valence-corrected chi connectivity index (χ4v) is 1.03. The predicted molar refractivity (Wildman–Crippen MR) is 56.0 cm³/mol. The SMILES string of the molecule is CN(C)C(=O)COc1c(F)cccc1C=O. The molecule has 0 saturated carbocycles. The predicted octanol–water partition coefficient (Wildman–Crippen LogP) is 1.11. The van der Waals surface area contributed by atoms with Gasteiger partial charge < -0.3 is 9.64 Å². The van der Waals surface area contributed by atoms with E-state index in [0.717, 1.165) is 0 Å². The largest absolute Gasteiger partial charge is 0.480 e. The van der Waals surface area contributed by atoms with E-state index in [1.807, 2.05) is 0 Å². The van der Waals surface area contributed by atoms with Crippen molar-refractivity contribution in [2.75, 3.05) is 20.7 Å². The highest BCUT2D eigenvalue weighted by Crippen LogP contribution is 2.20. The van der Waals surface area contributed by atoms with E-state index in [2.05, 4.69) is 0 Å².